The molecule has 78 valence electrons. The first-order valence-corrected chi connectivity index (χ1v) is 5.60. The molecule has 2 nitrogen and oxygen atoms in total. The first kappa shape index (κ1) is 11.8. The van der Waals surface area contributed by atoms with Crippen LogP contribution in [-0.2, 0) is 0 Å². The van der Waals surface area contributed by atoms with Gasteiger partial charge in [0.15, 0.2) is 5.15 Å². The van der Waals surface area contributed by atoms with E-state index in [4.69, 9.17) is 11.6 Å². The zero-order chi connectivity index (χ0) is 10.8. The average molecular weight is 278 g/mol. The smallest absolute Gasteiger partial charge is 0.152 e. The van der Waals surface area contributed by atoms with Crippen molar-refractivity contribution in [2.24, 2.45) is 5.41 Å². The predicted molar refractivity (Wildman–Crippen MR) is 64.9 cm³/mol. The largest absolute Gasteiger partial charge is 0.382 e. The van der Waals surface area contributed by atoms with Crippen molar-refractivity contribution in [2.45, 2.75) is 20.8 Å². The molecular weight excluding hydrogens is 263 g/mol. The highest BCUT2D eigenvalue weighted by atomic mass is 79.9. The number of halogens is 2. The number of nitrogens with one attached hydrogen (secondary N) is 1. The van der Waals surface area contributed by atoms with Crippen molar-refractivity contribution in [1.29, 1.82) is 0 Å². The van der Waals surface area contributed by atoms with Crippen molar-refractivity contribution in [1.82, 2.24) is 4.98 Å². The maximum absolute atomic E-state index is 5.93. The number of nitrogens with zero attached hydrogens (tertiary/aromatic N) is 1. The van der Waals surface area contributed by atoms with Gasteiger partial charge in [0.25, 0.3) is 0 Å². The number of aromatic nitrogens is 1. The van der Waals surface area contributed by atoms with Crippen LogP contribution in [0.5, 0.6) is 0 Å². The molecule has 0 spiro atoms. The lowest BCUT2D eigenvalue weighted by Crippen LogP contribution is -2.19. The van der Waals surface area contributed by atoms with E-state index in [0.29, 0.717) is 5.15 Å². The molecule has 0 fully saturated rings. The molecule has 0 unspecified atom stereocenters. The molecule has 0 aliphatic rings. The van der Waals surface area contributed by atoms with E-state index in [2.05, 4.69) is 47.0 Å². The van der Waals surface area contributed by atoms with E-state index in [9.17, 15) is 0 Å². The fourth-order valence-corrected chi connectivity index (χ4v) is 1.41. The van der Waals surface area contributed by atoms with Gasteiger partial charge in [-0.3, -0.25) is 0 Å². The molecule has 0 amide bonds. The fourth-order valence-electron chi connectivity index (χ4n) is 0.907. The Morgan fingerprint density at radius 3 is 2.71 bits per heavy atom. The maximum Gasteiger partial charge on any atom is 0.152 e. The maximum atomic E-state index is 5.93. The summed E-state index contributed by atoms with van der Waals surface area (Å²) in [5.41, 5.74) is 1.10. The minimum Gasteiger partial charge on any atom is -0.382 e. The fraction of sp³-hybridized carbons (Fsp3) is 0.500. The molecule has 1 heterocycles. The average Bonchev–Trinajstić information content (AvgIpc) is 2.05. The molecule has 0 bridgehead atoms. The van der Waals surface area contributed by atoms with Gasteiger partial charge in [-0.15, -0.1) is 0 Å². The van der Waals surface area contributed by atoms with Crippen molar-refractivity contribution >= 4 is 33.2 Å². The third-order valence-electron chi connectivity index (χ3n) is 1.61. The zero-order valence-corrected chi connectivity index (χ0v) is 10.9. The lowest BCUT2D eigenvalue weighted by atomic mass is 9.97. The summed E-state index contributed by atoms with van der Waals surface area (Å²) in [6.07, 6.45) is 1.69. The van der Waals surface area contributed by atoms with Crippen molar-refractivity contribution in [3.8, 4) is 0 Å². The van der Waals surface area contributed by atoms with E-state index in [1.807, 2.05) is 6.07 Å². The van der Waals surface area contributed by atoms with E-state index >= 15 is 0 Å². The van der Waals surface area contributed by atoms with Crippen LogP contribution in [0.15, 0.2) is 16.7 Å². The van der Waals surface area contributed by atoms with E-state index in [0.717, 1.165) is 16.7 Å². The number of anilines is 1. The van der Waals surface area contributed by atoms with Crippen LogP contribution in [0.2, 0.25) is 5.15 Å². The van der Waals surface area contributed by atoms with Gasteiger partial charge in [-0.2, -0.15) is 0 Å². The molecule has 0 radical (unpaired) electrons. The van der Waals surface area contributed by atoms with Gasteiger partial charge in [-0.25, -0.2) is 4.98 Å². The monoisotopic (exact) mass is 276 g/mol. The summed E-state index contributed by atoms with van der Waals surface area (Å²) in [6.45, 7) is 7.36. The summed E-state index contributed by atoms with van der Waals surface area (Å²) < 4.78 is 0.929. The second-order valence-corrected chi connectivity index (χ2v) is 5.68. The molecule has 0 aliphatic heterocycles. The van der Waals surface area contributed by atoms with Crippen molar-refractivity contribution in [2.75, 3.05) is 11.9 Å². The summed E-state index contributed by atoms with van der Waals surface area (Å²) >= 11 is 9.29. The quantitative estimate of drug-likeness (QED) is 0.828. The van der Waals surface area contributed by atoms with Gasteiger partial charge in [0.2, 0.25) is 0 Å². The van der Waals surface area contributed by atoms with Gasteiger partial charge in [0.1, 0.15) is 0 Å². The summed E-state index contributed by atoms with van der Waals surface area (Å²) in [5, 5.41) is 3.78. The minimum absolute atomic E-state index is 0.228. The highest BCUT2D eigenvalue weighted by molar-refractivity contribution is 9.10. The Kier molecular flexibility index (Phi) is 3.78. The predicted octanol–water partition coefficient (Wildman–Crippen LogP) is 3.96. The van der Waals surface area contributed by atoms with Crippen LogP contribution < -0.4 is 5.32 Å². The second-order valence-electron chi connectivity index (χ2n) is 4.41. The van der Waals surface area contributed by atoms with Crippen LogP contribution in [0.4, 0.5) is 5.69 Å². The van der Waals surface area contributed by atoms with Gasteiger partial charge in [0.05, 0.1) is 5.69 Å². The van der Waals surface area contributed by atoms with Gasteiger partial charge in [0, 0.05) is 17.2 Å². The van der Waals surface area contributed by atoms with E-state index in [1.165, 1.54) is 0 Å². The Balaban J connectivity index is 2.72. The highest BCUT2D eigenvalue weighted by Crippen LogP contribution is 2.24. The molecule has 1 aromatic heterocycles. The standard InChI is InChI=1S/C10H14BrClN2/c1-10(2,3)6-14-8-4-7(11)5-13-9(8)12/h4-5,14H,6H2,1-3H3. The Labute approximate surface area is 98.2 Å². The molecule has 1 rings (SSSR count). The van der Waals surface area contributed by atoms with Crippen LogP contribution >= 0.6 is 27.5 Å². The van der Waals surface area contributed by atoms with Crippen LogP contribution in [0, 0.1) is 5.41 Å². The van der Waals surface area contributed by atoms with E-state index in [-0.39, 0.29) is 5.41 Å². The molecule has 4 heteroatoms. The van der Waals surface area contributed by atoms with Crippen molar-refractivity contribution < 1.29 is 0 Å². The Bertz CT molecular complexity index is 320. The van der Waals surface area contributed by atoms with Crippen LogP contribution in [-0.4, -0.2) is 11.5 Å². The molecule has 0 saturated heterocycles. The number of hydrogen-bond acceptors (Lipinski definition) is 2. The second kappa shape index (κ2) is 4.49. The van der Waals surface area contributed by atoms with Crippen molar-refractivity contribution in [3.63, 3.8) is 0 Å². The third kappa shape index (κ3) is 3.84. The Morgan fingerprint density at radius 1 is 1.50 bits per heavy atom. The summed E-state index contributed by atoms with van der Waals surface area (Å²) in [6, 6.07) is 1.93. The molecule has 0 atom stereocenters. The number of rotatable bonds is 2. The highest BCUT2D eigenvalue weighted by Gasteiger charge is 2.11. The molecule has 0 saturated carbocycles. The minimum atomic E-state index is 0.228. The van der Waals surface area contributed by atoms with Crippen LogP contribution in [0.3, 0.4) is 0 Å². The third-order valence-corrected chi connectivity index (χ3v) is 2.35. The number of pyridine rings is 1. The first-order chi connectivity index (χ1) is 6.38. The summed E-state index contributed by atoms with van der Waals surface area (Å²) in [5.74, 6) is 0. The zero-order valence-electron chi connectivity index (χ0n) is 8.56. The van der Waals surface area contributed by atoms with E-state index < -0.39 is 0 Å². The molecule has 0 aromatic carbocycles. The molecular formula is C10H14BrClN2. The van der Waals surface area contributed by atoms with Crippen LogP contribution in [0.25, 0.3) is 0 Å². The summed E-state index contributed by atoms with van der Waals surface area (Å²) in [4.78, 5) is 4.04. The Hall–Kier alpha value is -0.280. The van der Waals surface area contributed by atoms with Gasteiger partial charge < -0.3 is 5.32 Å². The normalized spacial score (nSPS) is 11.5. The van der Waals surface area contributed by atoms with Crippen LogP contribution in [0.1, 0.15) is 20.8 Å². The van der Waals surface area contributed by atoms with Gasteiger partial charge in [-0.1, -0.05) is 32.4 Å². The lowest BCUT2D eigenvalue weighted by molar-refractivity contribution is 0.443. The molecule has 0 aliphatic carbocycles. The topological polar surface area (TPSA) is 24.9 Å². The summed E-state index contributed by atoms with van der Waals surface area (Å²) in [7, 11) is 0. The van der Waals surface area contributed by atoms with Gasteiger partial charge >= 0.3 is 0 Å². The van der Waals surface area contributed by atoms with Gasteiger partial charge in [-0.05, 0) is 27.4 Å². The lowest BCUT2D eigenvalue weighted by Gasteiger charge is -2.19. The molecule has 14 heavy (non-hydrogen) atoms. The first-order valence-electron chi connectivity index (χ1n) is 4.43. The SMILES string of the molecule is CC(C)(C)CNc1cc(Br)cnc1Cl. The Morgan fingerprint density at radius 2 is 2.14 bits per heavy atom. The molecule has 1 aromatic rings. The van der Waals surface area contributed by atoms with E-state index in [1.54, 1.807) is 6.20 Å². The van der Waals surface area contributed by atoms with Crippen molar-refractivity contribution in [3.05, 3.63) is 21.9 Å². The molecule has 1 N–H and O–H groups in total. The number of hydrogen-bond donors (Lipinski definition) is 1.